The summed E-state index contributed by atoms with van der Waals surface area (Å²) in [6.45, 7) is 6.06. The van der Waals surface area contributed by atoms with Crippen LogP contribution in [0, 0.1) is 19.7 Å². The molecule has 2 aromatic rings. The van der Waals surface area contributed by atoms with E-state index in [4.69, 9.17) is 0 Å². The molecule has 0 bridgehead atoms. The van der Waals surface area contributed by atoms with E-state index in [1.165, 1.54) is 12.1 Å². The highest BCUT2D eigenvalue weighted by atomic mass is 32.2. The van der Waals surface area contributed by atoms with Crippen LogP contribution < -0.4 is 0 Å². The van der Waals surface area contributed by atoms with E-state index in [1.54, 1.807) is 17.0 Å². The van der Waals surface area contributed by atoms with E-state index in [2.05, 4.69) is 0 Å². The van der Waals surface area contributed by atoms with Crippen molar-refractivity contribution in [3.8, 4) is 5.69 Å². The van der Waals surface area contributed by atoms with Crippen LogP contribution in [0.2, 0.25) is 0 Å². The van der Waals surface area contributed by atoms with Crippen LogP contribution in [0.15, 0.2) is 30.3 Å². The maximum absolute atomic E-state index is 13.2. The molecule has 5 nitrogen and oxygen atoms in total. The van der Waals surface area contributed by atoms with Gasteiger partial charge in [0.1, 0.15) is 5.82 Å². The Kier molecular flexibility index (Phi) is 4.92. The first-order chi connectivity index (χ1) is 12.2. The van der Waals surface area contributed by atoms with Gasteiger partial charge in [-0.05, 0) is 57.5 Å². The summed E-state index contributed by atoms with van der Waals surface area (Å²) >= 11 is 0. The molecule has 0 N–H and O–H groups in total. The number of hydrogen-bond acceptors (Lipinski definition) is 3. The fourth-order valence-corrected chi connectivity index (χ4v) is 5.44. The lowest BCUT2D eigenvalue weighted by Gasteiger charge is -2.27. The number of aromatic nitrogens is 1. The lowest BCUT2D eigenvalue weighted by atomic mass is 10.1. The quantitative estimate of drug-likeness (QED) is 0.822. The van der Waals surface area contributed by atoms with Crippen LogP contribution in [-0.2, 0) is 9.84 Å². The molecule has 1 saturated heterocycles. The van der Waals surface area contributed by atoms with Gasteiger partial charge in [0.05, 0.1) is 17.1 Å². The predicted molar refractivity (Wildman–Crippen MR) is 99.0 cm³/mol. The monoisotopic (exact) mass is 378 g/mol. The molecule has 140 valence electrons. The second-order valence-electron chi connectivity index (χ2n) is 6.74. The topological polar surface area (TPSA) is 59.4 Å². The summed E-state index contributed by atoms with van der Waals surface area (Å²) < 4.78 is 38.7. The summed E-state index contributed by atoms with van der Waals surface area (Å²) in [6, 6.07) is 7.66. The van der Waals surface area contributed by atoms with Crippen molar-refractivity contribution < 1.29 is 17.6 Å². The van der Waals surface area contributed by atoms with Crippen molar-refractivity contribution in [1.82, 2.24) is 9.47 Å². The largest absolute Gasteiger partial charge is 0.335 e. The average Bonchev–Trinajstić information content (AvgIpc) is 3.08. The van der Waals surface area contributed by atoms with E-state index in [9.17, 15) is 17.6 Å². The minimum Gasteiger partial charge on any atom is -0.335 e. The van der Waals surface area contributed by atoms with Gasteiger partial charge in [0, 0.05) is 29.7 Å². The summed E-state index contributed by atoms with van der Waals surface area (Å²) in [6.07, 6.45) is 0.485. The maximum Gasteiger partial charge on any atom is 0.255 e. The van der Waals surface area contributed by atoms with Gasteiger partial charge in [-0.25, -0.2) is 12.8 Å². The Balaban J connectivity index is 1.95. The Bertz CT molecular complexity index is 932. The standard InChI is InChI=1S/C19H23FN2O3S/c1-4-21(17-9-10-26(24,25)12-17)19(23)18-11-13(2)22(14(18)3)16-7-5-15(20)6-8-16/h5-8,11,17H,4,9-10,12H2,1-3H3. The molecule has 1 atom stereocenters. The molecular formula is C19H23FN2O3S. The van der Waals surface area contributed by atoms with Gasteiger partial charge < -0.3 is 9.47 Å². The molecule has 26 heavy (non-hydrogen) atoms. The normalized spacial score (nSPS) is 18.8. The van der Waals surface area contributed by atoms with Crippen molar-refractivity contribution in [1.29, 1.82) is 0 Å². The average molecular weight is 378 g/mol. The molecule has 0 spiro atoms. The first kappa shape index (κ1) is 18.6. The molecule has 1 unspecified atom stereocenters. The van der Waals surface area contributed by atoms with Crippen LogP contribution in [-0.4, -0.2) is 47.9 Å². The number of carbonyl (C=O) groups excluding carboxylic acids is 1. The van der Waals surface area contributed by atoms with Gasteiger partial charge in [0.25, 0.3) is 5.91 Å². The van der Waals surface area contributed by atoms with Crippen LogP contribution >= 0.6 is 0 Å². The number of halogens is 1. The molecule has 1 fully saturated rings. The highest BCUT2D eigenvalue weighted by Crippen LogP contribution is 2.25. The van der Waals surface area contributed by atoms with Crippen LogP contribution in [0.3, 0.4) is 0 Å². The zero-order chi connectivity index (χ0) is 19.1. The van der Waals surface area contributed by atoms with Crippen LogP contribution in [0.5, 0.6) is 0 Å². The number of benzene rings is 1. The van der Waals surface area contributed by atoms with Crippen LogP contribution in [0.25, 0.3) is 5.69 Å². The molecule has 7 heteroatoms. The third-order valence-corrected chi connectivity index (χ3v) is 6.75. The van der Waals surface area contributed by atoms with E-state index < -0.39 is 9.84 Å². The zero-order valence-electron chi connectivity index (χ0n) is 15.2. The third-order valence-electron chi connectivity index (χ3n) is 5.00. The molecule has 0 saturated carbocycles. The molecule has 2 heterocycles. The van der Waals surface area contributed by atoms with Crippen molar-refractivity contribution in [2.75, 3.05) is 18.1 Å². The molecule has 1 aromatic heterocycles. The van der Waals surface area contributed by atoms with Gasteiger partial charge in [0.15, 0.2) is 9.84 Å². The molecule has 1 aromatic carbocycles. The summed E-state index contributed by atoms with van der Waals surface area (Å²) in [4.78, 5) is 14.8. The lowest BCUT2D eigenvalue weighted by molar-refractivity contribution is 0.0707. The number of nitrogens with zero attached hydrogens (tertiary/aromatic N) is 2. The van der Waals surface area contributed by atoms with E-state index in [1.807, 2.05) is 31.4 Å². The molecule has 1 aliphatic heterocycles. The highest BCUT2D eigenvalue weighted by molar-refractivity contribution is 7.91. The number of amides is 1. The smallest absolute Gasteiger partial charge is 0.255 e. The molecule has 1 amide bonds. The minimum atomic E-state index is -3.06. The number of aryl methyl sites for hydroxylation is 1. The first-order valence-electron chi connectivity index (χ1n) is 8.69. The van der Waals surface area contributed by atoms with Gasteiger partial charge in [-0.2, -0.15) is 0 Å². The summed E-state index contributed by atoms with van der Waals surface area (Å²) in [5, 5.41) is 0. The highest BCUT2D eigenvalue weighted by Gasteiger charge is 2.35. The third kappa shape index (κ3) is 3.40. The van der Waals surface area contributed by atoms with Crippen molar-refractivity contribution in [2.45, 2.75) is 33.2 Å². The van der Waals surface area contributed by atoms with E-state index in [0.717, 1.165) is 17.1 Å². The van der Waals surface area contributed by atoms with E-state index in [-0.39, 0.29) is 29.3 Å². The van der Waals surface area contributed by atoms with Gasteiger partial charge >= 0.3 is 0 Å². The van der Waals surface area contributed by atoms with Gasteiger partial charge in [-0.3, -0.25) is 4.79 Å². The molecule has 3 rings (SSSR count). The second kappa shape index (κ2) is 6.87. The number of rotatable bonds is 4. The molecule has 1 aliphatic rings. The second-order valence-corrected chi connectivity index (χ2v) is 8.97. The Labute approximate surface area is 153 Å². The lowest BCUT2D eigenvalue weighted by Crippen LogP contribution is -2.41. The number of hydrogen-bond donors (Lipinski definition) is 0. The van der Waals surface area contributed by atoms with E-state index in [0.29, 0.717) is 18.5 Å². The minimum absolute atomic E-state index is 0.0310. The van der Waals surface area contributed by atoms with Crippen molar-refractivity contribution in [3.63, 3.8) is 0 Å². The van der Waals surface area contributed by atoms with Crippen LogP contribution in [0.1, 0.15) is 35.1 Å². The summed E-state index contributed by atoms with van der Waals surface area (Å²) in [7, 11) is -3.06. The Morgan fingerprint density at radius 1 is 1.27 bits per heavy atom. The van der Waals surface area contributed by atoms with Crippen molar-refractivity contribution >= 4 is 15.7 Å². The Morgan fingerprint density at radius 3 is 2.46 bits per heavy atom. The van der Waals surface area contributed by atoms with Crippen LogP contribution in [0.4, 0.5) is 4.39 Å². The van der Waals surface area contributed by atoms with Gasteiger partial charge in [0.2, 0.25) is 0 Å². The molecule has 0 radical (unpaired) electrons. The summed E-state index contributed by atoms with van der Waals surface area (Å²) in [5.41, 5.74) is 2.97. The Morgan fingerprint density at radius 2 is 1.92 bits per heavy atom. The molecule has 0 aliphatic carbocycles. The summed E-state index contributed by atoms with van der Waals surface area (Å²) in [5.74, 6) is -0.303. The predicted octanol–water partition coefficient (Wildman–Crippen LogP) is 2.88. The number of sulfone groups is 1. The van der Waals surface area contributed by atoms with Crippen molar-refractivity contribution in [2.24, 2.45) is 0 Å². The fraction of sp³-hybridized carbons (Fsp3) is 0.421. The maximum atomic E-state index is 13.2. The van der Waals surface area contributed by atoms with E-state index >= 15 is 0 Å². The fourth-order valence-electron chi connectivity index (χ4n) is 3.71. The van der Waals surface area contributed by atoms with Gasteiger partial charge in [-0.15, -0.1) is 0 Å². The zero-order valence-corrected chi connectivity index (χ0v) is 16.0. The number of carbonyl (C=O) groups is 1. The van der Waals surface area contributed by atoms with Crippen molar-refractivity contribution in [3.05, 3.63) is 53.1 Å². The first-order valence-corrected chi connectivity index (χ1v) is 10.5. The van der Waals surface area contributed by atoms with Gasteiger partial charge in [-0.1, -0.05) is 0 Å². The Hall–Kier alpha value is -2.15. The molecular weight excluding hydrogens is 355 g/mol. The SMILES string of the molecule is CCN(C(=O)c1cc(C)n(-c2ccc(F)cc2)c1C)C1CCS(=O)(=O)C1.